The summed E-state index contributed by atoms with van der Waals surface area (Å²) >= 11 is 0. The number of nitrogens with one attached hydrogen (secondary N) is 1. The number of hydrogen-bond acceptors (Lipinski definition) is 3. The van der Waals surface area contributed by atoms with Crippen molar-refractivity contribution in [1.82, 2.24) is 9.88 Å². The molecule has 0 aliphatic carbocycles. The van der Waals surface area contributed by atoms with Crippen LogP contribution in [0.25, 0.3) is 0 Å². The number of benzene rings is 2. The van der Waals surface area contributed by atoms with Gasteiger partial charge < -0.3 is 19.7 Å². The van der Waals surface area contributed by atoms with Crippen LogP contribution in [0.3, 0.4) is 0 Å². The Hall–Kier alpha value is -3.12. The molecule has 0 saturated carbocycles. The van der Waals surface area contributed by atoms with E-state index < -0.39 is 5.97 Å². The second kappa shape index (κ2) is 8.92. The highest BCUT2D eigenvalue weighted by molar-refractivity contribution is 5.91. The fraction of sp³-hybridized carbons (Fsp3) is 0.261. The van der Waals surface area contributed by atoms with E-state index >= 15 is 0 Å². The third kappa shape index (κ3) is 4.66. The van der Waals surface area contributed by atoms with Gasteiger partial charge in [0, 0.05) is 36.6 Å². The molecule has 0 bridgehead atoms. The van der Waals surface area contributed by atoms with Crippen LogP contribution in [-0.4, -0.2) is 22.8 Å². The minimum Gasteiger partial charge on any atom is -0.497 e. The average Bonchev–Trinajstić information content (AvgIpc) is 2.94. The lowest BCUT2D eigenvalue weighted by molar-refractivity contribution is 0.0694. The van der Waals surface area contributed by atoms with Gasteiger partial charge in [0.1, 0.15) is 11.6 Å². The number of carbonyl (C=O) groups is 1. The molecule has 1 aromatic heterocycles. The topological polar surface area (TPSA) is 63.5 Å². The number of hydrogen-bond donors (Lipinski definition) is 2. The summed E-state index contributed by atoms with van der Waals surface area (Å²) in [7, 11) is 1.62. The largest absolute Gasteiger partial charge is 0.497 e. The Morgan fingerprint density at radius 3 is 2.21 bits per heavy atom. The summed E-state index contributed by atoms with van der Waals surface area (Å²) in [4.78, 5) is 11.9. The number of carboxylic acid groups (broad SMARTS) is 1. The van der Waals surface area contributed by atoms with E-state index in [4.69, 9.17) is 4.74 Å². The predicted octanol–water partition coefficient (Wildman–Crippen LogP) is 4.29. The SMILES string of the molecule is COc1ccc(Cn2c(C)c(CNCc3ccc(F)cc3)c(C(=O)O)c2C)cc1. The van der Waals surface area contributed by atoms with Crippen molar-refractivity contribution in [1.29, 1.82) is 0 Å². The molecule has 152 valence electrons. The zero-order valence-electron chi connectivity index (χ0n) is 16.8. The Bertz CT molecular complexity index is 992. The third-order valence-electron chi connectivity index (χ3n) is 5.17. The van der Waals surface area contributed by atoms with E-state index in [9.17, 15) is 14.3 Å². The van der Waals surface area contributed by atoms with E-state index in [1.54, 1.807) is 19.2 Å². The highest BCUT2D eigenvalue weighted by atomic mass is 19.1. The van der Waals surface area contributed by atoms with Crippen LogP contribution in [0.15, 0.2) is 48.5 Å². The van der Waals surface area contributed by atoms with Crippen molar-refractivity contribution in [2.75, 3.05) is 7.11 Å². The molecule has 0 atom stereocenters. The molecule has 6 heteroatoms. The smallest absolute Gasteiger partial charge is 0.337 e. The van der Waals surface area contributed by atoms with E-state index in [1.807, 2.05) is 42.7 Å². The first-order chi connectivity index (χ1) is 13.9. The summed E-state index contributed by atoms with van der Waals surface area (Å²) in [5, 5.41) is 13.0. The summed E-state index contributed by atoms with van der Waals surface area (Å²) in [5.74, 6) is -0.423. The molecule has 0 spiro atoms. The van der Waals surface area contributed by atoms with Crippen molar-refractivity contribution in [2.45, 2.75) is 33.5 Å². The summed E-state index contributed by atoms with van der Waals surface area (Å²) in [6.45, 7) is 5.31. The number of halogens is 1. The maximum atomic E-state index is 13.0. The molecule has 3 aromatic rings. The minimum absolute atomic E-state index is 0.274. The van der Waals surface area contributed by atoms with E-state index in [1.165, 1.54) is 12.1 Å². The van der Waals surface area contributed by atoms with E-state index in [-0.39, 0.29) is 5.82 Å². The Morgan fingerprint density at radius 2 is 1.62 bits per heavy atom. The van der Waals surface area contributed by atoms with Crippen LogP contribution in [0.2, 0.25) is 0 Å². The average molecular weight is 396 g/mol. The van der Waals surface area contributed by atoms with Crippen molar-refractivity contribution in [3.8, 4) is 5.75 Å². The zero-order chi connectivity index (χ0) is 21.0. The van der Waals surface area contributed by atoms with Gasteiger partial charge >= 0.3 is 5.97 Å². The lowest BCUT2D eigenvalue weighted by Gasteiger charge is -2.11. The second-order valence-electron chi connectivity index (χ2n) is 6.99. The van der Waals surface area contributed by atoms with Gasteiger partial charge in [0.15, 0.2) is 0 Å². The van der Waals surface area contributed by atoms with Gasteiger partial charge in [-0.1, -0.05) is 24.3 Å². The van der Waals surface area contributed by atoms with Crippen LogP contribution in [0, 0.1) is 19.7 Å². The minimum atomic E-state index is -0.933. The Morgan fingerprint density at radius 1 is 1.00 bits per heavy atom. The first-order valence-electron chi connectivity index (χ1n) is 9.40. The van der Waals surface area contributed by atoms with Crippen LogP contribution in [0.5, 0.6) is 5.75 Å². The molecule has 0 radical (unpaired) electrons. The summed E-state index contributed by atoms with van der Waals surface area (Å²) in [5.41, 5.74) is 4.75. The van der Waals surface area contributed by atoms with Gasteiger partial charge in [-0.2, -0.15) is 0 Å². The van der Waals surface area contributed by atoms with E-state index in [2.05, 4.69) is 5.32 Å². The predicted molar refractivity (Wildman–Crippen MR) is 110 cm³/mol. The van der Waals surface area contributed by atoms with Gasteiger partial charge in [0.2, 0.25) is 0 Å². The van der Waals surface area contributed by atoms with Gasteiger partial charge in [-0.25, -0.2) is 9.18 Å². The molecule has 1 heterocycles. The van der Waals surface area contributed by atoms with E-state index in [0.29, 0.717) is 25.2 Å². The fourth-order valence-electron chi connectivity index (χ4n) is 3.53. The number of carboxylic acids is 1. The lowest BCUT2D eigenvalue weighted by atomic mass is 10.1. The number of methoxy groups -OCH3 is 1. The van der Waals surface area contributed by atoms with Crippen LogP contribution >= 0.6 is 0 Å². The molecule has 0 aliphatic rings. The summed E-state index contributed by atoms with van der Waals surface area (Å²) in [6.07, 6.45) is 0. The molecule has 0 aliphatic heterocycles. The zero-order valence-corrected chi connectivity index (χ0v) is 16.8. The number of aromatic carboxylic acids is 1. The van der Waals surface area contributed by atoms with Crippen LogP contribution in [0.1, 0.15) is 38.4 Å². The molecule has 0 amide bonds. The van der Waals surface area contributed by atoms with Crippen LogP contribution < -0.4 is 10.1 Å². The highest BCUT2D eigenvalue weighted by Crippen LogP contribution is 2.24. The second-order valence-corrected chi connectivity index (χ2v) is 6.99. The lowest BCUT2D eigenvalue weighted by Crippen LogP contribution is -2.15. The Balaban J connectivity index is 1.81. The molecule has 3 rings (SSSR count). The van der Waals surface area contributed by atoms with Crippen molar-refractivity contribution in [3.63, 3.8) is 0 Å². The van der Waals surface area contributed by atoms with Crippen LogP contribution in [-0.2, 0) is 19.6 Å². The van der Waals surface area contributed by atoms with E-state index in [0.717, 1.165) is 33.8 Å². The fourth-order valence-corrected chi connectivity index (χ4v) is 3.53. The molecule has 0 fully saturated rings. The molecule has 0 unspecified atom stereocenters. The summed E-state index contributed by atoms with van der Waals surface area (Å²) < 4.78 is 20.3. The van der Waals surface area contributed by atoms with Crippen molar-refractivity contribution >= 4 is 5.97 Å². The Kier molecular flexibility index (Phi) is 6.34. The molecular formula is C23H25FN2O3. The van der Waals surface area contributed by atoms with Gasteiger partial charge in [-0.15, -0.1) is 0 Å². The first kappa shape index (κ1) is 20.6. The van der Waals surface area contributed by atoms with Gasteiger partial charge in [-0.05, 0) is 49.2 Å². The van der Waals surface area contributed by atoms with Crippen molar-refractivity contribution in [3.05, 3.63) is 88.0 Å². The molecule has 5 nitrogen and oxygen atoms in total. The number of ether oxygens (including phenoxy) is 1. The quantitative estimate of drug-likeness (QED) is 0.596. The van der Waals surface area contributed by atoms with Crippen molar-refractivity contribution < 1.29 is 19.0 Å². The number of nitrogens with zero attached hydrogens (tertiary/aromatic N) is 1. The van der Waals surface area contributed by atoms with Gasteiger partial charge in [-0.3, -0.25) is 0 Å². The standard InChI is InChI=1S/C23H25FN2O3/c1-15-21(13-25-12-17-4-8-19(24)9-5-17)22(23(27)28)16(2)26(15)14-18-6-10-20(29-3)11-7-18/h4-11,25H,12-14H2,1-3H3,(H,27,28). The summed E-state index contributed by atoms with van der Waals surface area (Å²) in [6, 6.07) is 14.0. The van der Waals surface area contributed by atoms with Crippen LogP contribution in [0.4, 0.5) is 4.39 Å². The maximum absolute atomic E-state index is 13.0. The van der Waals surface area contributed by atoms with Gasteiger partial charge in [0.05, 0.1) is 12.7 Å². The first-order valence-corrected chi connectivity index (χ1v) is 9.40. The third-order valence-corrected chi connectivity index (χ3v) is 5.17. The normalized spacial score (nSPS) is 10.9. The number of aromatic nitrogens is 1. The molecule has 0 saturated heterocycles. The van der Waals surface area contributed by atoms with Gasteiger partial charge in [0.25, 0.3) is 0 Å². The highest BCUT2D eigenvalue weighted by Gasteiger charge is 2.22. The number of rotatable bonds is 8. The molecular weight excluding hydrogens is 371 g/mol. The van der Waals surface area contributed by atoms with Crippen molar-refractivity contribution in [2.24, 2.45) is 0 Å². The monoisotopic (exact) mass is 396 g/mol. The Labute approximate surface area is 169 Å². The maximum Gasteiger partial charge on any atom is 0.337 e. The molecule has 2 aromatic carbocycles. The molecule has 2 N–H and O–H groups in total. The molecule has 29 heavy (non-hydrogen) atoms.